The van der Waals surface area contributed by atoms with Gasteiger partial charge in [-0.2, -0.15) is 0 Å². The van der Waals surface area contributed by atoms with Crippen molar-refractivity contribution >= 4 is 35.1 Å². The summed E-state index contributed by atoms with van der Waals surface area (Å²) in [5, 5.41) is 14.1. The number of aliphatic hydroxyl groups excluding tert-OH is 1. The van der Waals surface area contributed by atoms with Crippen LogP contribution in [-0.4, -0.2) is 48.3 Å². The third-order valence-electron chi connectivity index (χ3n) is 5.66. The molecule has 2 aromatic carbocycles. The molecule has 2 atom stereocenters. The molecule has 1 heterocycles. The van der Waals surface area contributed by atoms with Gasteiger partial charge in [-0.05, 0) is 54.7 Å². The Balaban J connectivity index is 1.49. The molecule has 0 unspecified atom stereocenters. The van der Waals surface area contributed by atoms with Gasteiger partial charge >= 0.3 is 6.03 Å². The van der Waals surface area contributed by atoms with Crippen molar-refractivity contribution in [1.82, 2.24) is 10.2 Å². The SMILES string of the molecule is COc1ccc2c(c1)CCC[C@]21NC(=O)N(C[C@@H](O)COc2cc(Cl)ccc2Cl)C1=O. The molecule has 2 aliphatic rings. The smallest absolute Gasteiger partial charge is 0.325 e. The number of carbonyl (C=O) groups is 2. The molecule has 31 heavy (non-hydrogen) atoms. The van der Waals surface area contributed by atoms with Crippen molar-refractivity contribution in [2.24, 2.45) is 0 Å². The lowest BCUT2D eigenvalue weighted by Crippen LogP contribution is -2.47. The molecule has 0 radical (unpaired) electrons. The van der Waals surface area contributed by atoms with E-state index in [1.807, 2.05) is 12.1 Å². The van der Waals surface area contributed by atoms with Crippen molar-refractivity contribution in [3.05, 3.63) is 57.6 Å². The normalized spacial score (nSPS) is 21.1. The predicted molar refractivity (Wildman–Crippen MR) is 116 cm³/mol. The standard InChI is InChI=1S/C22H22Cl2N2O5/c1-30-16-5-6-17-13(9-16)3-2-8-22(17)20(28)26(21(29)25-22)11-15(27)12-31-19-10-14(23)4-7-18(19)24/h4-7,9-10,15,27H,2-3,8,11-12H2,1H3,(H,25,29)/t15-,22+/m1/s1. The minimum absolute atomic E-state index is 0.155. The van der Waals surface area contributed by atoms with Crippen molar-refractivity contribution in [2.75, 3.05) is 20.3 Å². The number of hydrogen-bond acceptors (Lipinski definition) is 5. The number of nitrogens with zero attached hydrogens (tertiary/aromatic N) is 1. The Morgan fingerprint density at radius 3 is 2.81 bits per heavy atom. The number of fused-ring (bicyclic) bond motifs is 2. The zero-order valence-electron chi connectivity index (χ0n) is 16.9. The van der Waals surface area contributed by atoms with E-state index >= 15 is 0 Å². The molecule has 1 spiro atoms. The molecule has 1 aliphatic heterocycles. The molecular weight excluding hydrogens is 443 g/mol. The first-order valence-corrected chi connectivity index (χ1v) is 10.7. The Morgan fingerprint density at radius 1 is 1.23 bits per heavy atom. The van der Waals surface area contributed by atoms with Crippen molar-refractivity contribution in [2.45, 2.75) is 30.9 Å². The maximum absolute atomic E-state index is 13.3. The number of nitrogens with one attached hydrogen (secondary N) is 1. The van der Waals surface area contributed by atoms with Crippen LogP contribution in [-0.2, 0) is 16.8 Å². The highest BCUT2D eigenvalue weighted by molar-refractivity contribution is 6.34. The van der Waals surface area contributed by atoms with Crippen molar-refractivity contribution in [3.8, 4) is 11.5 Å². The number of imide groups is 1. The van der Waals surface area contributed by atoms with Crippen LogP contribution in [0, 0.1) is 0 Å². The molecule has 1 fully saturated rings. The zero-order valence-corrected chi connectivity index (χ0v) is 18.4. The summed E-state index contributed by atoms with van der Waals surface area (Å²) in [6, 6.07) is 9.72. The summed E-state index contributed by atoms with van der Waals surface area (Å²) in [6.45, 7) is -0.353. The van der Waals surface area contributed by atoms with Crippen molar-refractivity contribution in [1.29, 1.82) is 0 Å². The number of β-amino-alcohol motifs (C(OH)–C–C–N with tert-alkyl or cyclic N) is 1. The molecule has 1 saturated heterocycles. The van der Waals surface area contributed by atoms with Gasteiger partial charge in [0.1, 0.15) is 29.7 Å². The van der Waals surface area contributed by atoms with Crippen LogP contribution in [0.1, 0.15) is 24.0 Å². The number of methoxy groups -OCH3 is 1. The molecule has 0 aromatic heterocycles. The molecule has 2 N–H and O–H groups in total. The average Bonchev–Trinajstić information content (AvgIpc) is 2.98. The highest BCUT2D eigenvalue weighted by Crippen LogP contribution is 2.41. The summed E-state index contributed by atoms with van der Waals surface area (Å²) in [4.78, 5) is 27.1. The van der Waals surface area contributed by atoms with Gasteiger partial charge in [-0.3, -0.25) is 9.69 Å². The first-order valence-electron chi connectivity index (χ1n) is 9.91. The lowest BCUT2D eigenvalue weighted by molar-refractivity contribution is -0.133. The number of benzene rings is 2. The van der Waals surface area contributed by atoms with E-state index in [-0.39, 0.29) is 19.1 Å². The molecular formula is C22H22Cl2N2O5. The van der Waals surface area contributed by atoms with E-state index in [0.717, 1.165) is 28.9 Å². The lowest BCUT2D eigenvalue weighted by Gasteiger charge is -2.33. The monoisotopic (exact) mass is 464 g/mol. The maximum Gasteiger partial charge on any atom is 0.325 e. The van der Waals surface area contributed by atoms with Gasteiger partial charge in [0.05, 0.1) is 18.7 Å². The topological polar surface area (TPSA) is 88.1 Å². The summed E-state index contributed by atoms with van der Waals surface area (Å²) in [6.07, 6.45) is 0.949. The molecule has 0 bridgehead atoms. The number of carbonyl (C=O) groups excluding carboxylic acids is 2. The number of amides is 3. The number of aryl methyl sites for hydroxylation is 1. The van der Waals surface area contributed by atoms with Gasteiger partial charge in [0, 0.05) is 11.1 Å². The Morgan fingerprint density at radius 2 is 2.03 bits per heavy atom. The highest BCUT2D eigenvalue weighted by Gasteiger charge is 2.54. The fraction of sp³-hybridized carbons (Fsp3) is 0.364. The lowest BCUT2D eigenvalue weighted by atomic mass is 9.76. The van der Waals surface area contributed by atoms with E-state index in [2.05, 4.69) is 5.32 Å². The summed E-state index contributed by atoms with van der Waals surface area (Å²) in [5.74, 6) is 0.650. The van der Waals surface area contributed by atoms with E-state index in [1.165, 1.54) is 6.07 Å². The van der Waals surface area contributed by atoms with Gasteiger partial charge in [0.15, 0.2) is 0 Å². The van der Waals surface area contributed by atoms with Crippen LogP contribution in [0.2, 0.25) is 10.0 Å². The summed E-state index contributed by atoms with van der Waals surface area (Å²) >= 11 is 12.0. The third-order valence-corrected chi connectivity index (χ3v) is 6.21. The predicted octanol–water partition coefficient (Wildman–Crippen LogP) is 3.53. The van der Waals surface area contributed by atoms with Gasteiger partial charge in [0.25, 0.3) is 5.91 Å². The van der Waals surface area contributed by atoms with E-state index in [4.69, 9.17) is 32.7 Å². The molecule has 3 amide bonds. The van der Waals surface area contributed by atoms with Crippen LogP contribution < -0.4 is 14.8 Å². The molecule has 9 heteroatoms. The van der Waals surface area contributed by atoms with Crippen LogP contribution in [0.4, 0.5) is 4.79 Å². The molecule has 7 nitrogen and oxygen atoms in total. The van der Waals surface area contributed by atoms with Gasteiger partial charge in [-0.1, -0.05) is 29.3 Å². The first-order chi connectivity index (χ1) is 14.8. The van der Waals surface area contributed by atoms with Crippen molar-refractivity contribution in [3.63, 3.8) is 0 Å². The highest BCUT2D eigenvalue weighted by atomic mass is 35.5. The third kappa shape index (κ3) is 4.05. The maximum atomic E-state index is 13.3. The first kappa shape index (κ1) is 21.7. The van der Waals surface area contributed by atoms with E-state index in [1.54, 1.807) is 25.3 Å². The molecule has 1 aliphatic carbocycles. The van der Waals surface area contributed by atoms with Crippen LogP contribution in [0.15, 0.2) is 36.4 Å². The number of halogens is 2. The number of aliphatic hydroxyl groups is 1. The summed E-state index contributed by atoms with van der Waals surface area (Å²) < 4.78 is 10.8. The van der Waals surface area contributed by atoms with Crippen LogP contribution in [0.25, 0.3) is 0 Å². The summed E-state index contributed by atoms with van der Waals surface area (Å²) in [5.41, 5.74) is 0.630. The van der Waals surface area contributed by atoms with Gasteiger partial charge in [0.2, 0.25) is 0 Å². The average molecular weight is 465 g/mol. The van der Waals surface area contributed by atoms with Gasteiger partial charge in [-0.25, -0.2) is 4.79 Å². The number of hydrogen-bond donors (Lipinski definition) is 2. The quantitative estimate of drug-likeness (QED) is 0.638. The van der Waals surface area contributed by atoms with Crippen LogP contribution in [0.5, 0.6) is 11.5 Å². The Kier molecular flexibility index (Phi) is 6.01. The fourth-order valence-corrected chi connectivity index (χ4v) is 4.51. The Labute approximate surface area is 189 Å². The molecule has 164 valence electrons. The van der Waals surface area contributed by atoms with Gasteiger partial charge < -0.3 is 19.9 Å². The Hall–Kier alpha value is -2.48. The fourth-order valence-electron chi connectivity index (χ4n) is 4.18. The second-order valence-electron chi connectivity index (χ2n) is 7.67. The minimum atomic E-state index is -1.12. The number of rotatable bonds is 6. The summed E-state index contributed by atoms with van der Waals surface area (Å²) in [7, 11) is 1.59. The van der Waals surface area contributed by atoms with E-state index in [9.17, 15) is 14.7 Å². The van der Waals surface area contributed by atoms with Crippen molar-refractivity contribution < 1.29 is 24.2 Å². The second kappa shape index (κ2) is 8.57. The number of ether oxygens (including phenoxy) is 2. The van der Waals surface area contributed by atoms with Gasteiger partial charge in [-0.15, -0.1) is 0 Å². The molecule has 2 aromatic rings. The Bertz CT molecular complexity index is 1030. The molecule has 4 rings (SSSR count). The largest absolute Gasteiger partial charge is 0.497 e. The number of urea groups is 1. The minimum Gasteiger partial charge on any atom is -0.497 e. The van der Waals surface area contributed by atoms with Crippen LogP contribution in [0.3, 0.4) is 0 Å². The molecule has 0 saturated carbocycles. The van der Waals surface area contributed by atoms with E-state index in [0.29, 0.717) is 28.0 Å². The van der Waals surface area contributed by atoms with E-state index < -0.39 is 17.7 Å². The van der Waals surface area contributed by atoms with Crippen LogP contribution >= 0.6 is 23.2 Å². The zero-order chi connectivity index (χ0) is 22.2. The second-order valence-corrected chi connectivity index (χ2v) is 8.51.